The lowest BCUT2D eigenvalue weighted by atomic mass is 10.1. The van der Waals surface area contributed by atoms with Gasteiger partial charge in [-0.25, -0.2) is 0 Å². The molecule has 0 saturated carbocycles. The summed E-state index contributed by atoms with van der Waals surface area (Å²) >= 11 is 4.43. The van der Waals surface area contributed by atoms with Crippen LogP contribution in [0.15, 0.2) is 15.6 Å². The molecule has 0 spiro atoms. The lowest BCUT2D eigenvalue weighted by molar-refractivity contribution is 0.646. The zero-order valence-electron chi connectivity index (χ0n) is 6.93. The van der Waals surface area contributed by atoms with Crippen molar-refractivity contribution in [1.29, 1.82) is 0 Å². The number of hydrogen-bond acceptors (Lipinski definition) is 2. The van der Waals surface area contributed by atoms with Crippen molar-refractivity contribution >= 4 is 12.4 Å². The highest BCUT2D eigenvalue weighted by Gasteiger charge is 2.01. The van der Waals surface area contributed by atoms with Gasteiger partial charge in [0.15, 0.2) is 0 Å². The molecule has 0 rings (SSSR count). The minimum atomic E-state index is 0.266. The molecule has 0 aromatic rings. The van der Waals surface area contributed by atoms with Crippen LogP contribution in [0.1, 0.15) is 27.7 Å². The lowest BCUT2D eigenvalue weighted by Crippen LogP contribution is -2.21. The first-order valence-corrected chi connectivity index (χ1v) is 3.68. The highest BCUT2D eigenvalue weighted by atomic mass is 32.1. The van der Waals surface area contributed by atoms with Crippen molar-refractivity contribution in [3.05, 3.63) is 11.1 Å². The van der Waals surface area contributed by atoms with Crippen LogP contribution in [0, 0.1) is 0 Å². The first-order valence-electron chi connectivity index (χ1n) is 3.31. The molecule has 3 heteroatoms. The van der Waals surface area contributed by atoms with Crippen LogP contribution in [-0.2, 0) is 12.4 Å². The Balaban J connectivity index is 4.06. The first-order chi connectivity index (χ1) is 4.59. The van der Waals surface area contributed by atoms with Crippen molar-refractivity contribution in [1.82, 2.24) is 5.43 Å². The van der Waals surface area contributed by atoms with E-state index in [0.29, 0.717) is 0 Å². The topological polar surface area (TPSA) is 24.4 Å². The Kier molecular flexibility index (Phi) is 4.19. The Morgan fingerprint density at radius 3 is 2.20 bits per heavy atom. The zero-order valence-corrected chi connectivity index (χ0v) is 7.75. The molecule has 0 aliphatic carbocycles. The molecule has 0 unspecified atom stereocenters. The third-order valence-corrected chi connectivity index (χ3v) is 1.79. The summed E-state index contributed by atoms with van der Waals surface area (Å²) in [6.45, 7) is 8.28. The van der Waals surface area contributed by atoms with Crippen molar-refractivity contribution in [2.75, 3.05) is 0 Å². The van der Waals surface area contributed by atoms with Crippen molar-refractivity contribution < 1.29 is 0 Å². The van der Waals surface area contributed by atoms with E-state index in [1.165, 1.54) is 11.1 Å². The van der Waals surface area contributed by atoms with Gasteiger partial charge < -0.3 is 0 Å². The fourth-order valence-electron chi connectivity index (χ4n) is 0.609. The van der Waals surface area contributed by atoms with Gasteiger partial charge in [0.05, 0.1) is 18.5 Å². The summed E-state index contributed by atoms with van der Waals surface area (Å²) in [6.07, 6.45) is 0. The van der Waals surface area contributed by atoms with E-state index < -0.39 is 0 Å². The fraction of sp³-hybridized carbons (Fsp3) is 0.714. The Morgan fingerprint density at radius 1 is 1.40 bits per heavy atom. The molecule has 0 heterocycles. The molecule has 0 bridgehead atoms. The summed E-state index contributed by atoms with van der Waals surface area (Å²) in [4.78, 5) is 0. The maximum absolute atomic E-state index is 4.43. The van der Waals surface area contributed by atoms with E-state index in [1.54, 1.807) is 0 Å². The van der Waals surface area contributed by atoms with E-state index in [1.807, 2.05) is 6.92 Å². The van der Waals surface area contributed by atoms with Crippen LogP contribution in [-0.4, -0.2) is 6.04 Å². The Morgan fingerprint density at radius 2 is 1.90 bits per heavy atom. The van der Waals surface area contributed by atoms with Crippen LogP contribution in [0.2, 0.25) is 0 Å². The van der Waals surface area contributed by atoms with Crippen molar-refractivity contribution in [3.8, 4) is 0 Å². The van der Waals surface area contributed by atoms with Crippen LogP contribution < -0.4 is 5.43 Å². The van der Waals surface area contributed by atoms with E-state index in [-0.39, 0.29) is 6.04 Å². The van der Waals surface area contributed by atoms with E-state index >= 15 is 0 Å². The molecule has 0 aliphatic rings. The van der Waals surface area contributed by atoms with E-state index in [0.717, 1.165) is 0 Å². The van der Waals surface area contributed by atoms with Gasteiger partial charge in [-0.1, -0.05) is 11.1 Å². The standard InChI is InChI=1S/C7H14N2S/c1-5(2)6(3)7(4)8-9-10/h7H,1-4H3,(H,8,10)/t7-/m0/s1. The summed E-state index contributed by atoms with van der Waals surface area (Å²) in [5.41, 5.74) is 5.43. The summed E-state index contributed by atoms with van der Waals surface area (Å²) in [7, 11) is 0. The summed E-state index contributed by atoms with van der Waals surface area (Å²) in [5, 5.41) is 0. The Labute approximate surface area is 67.9 Å². The van der Waals surface area contributed by atoms with Crippen LogP contribution in [0.25, 0.3) is 0 Å². The SMILES string of the molecule is CC(C)=C(C)[C@H](C)NN=S. The van der Waals surface area contributed by atoms with Gasteiger partial charge in [0.2, 0.25) is 0 Å². The molecule has 10 heavy (non-hydrogen) atoms. The molecule has 0 fully saturated rings. The van der Waals surface area contributed by atoms with Gasteiger partial charge in [0.1, 0.15) is 0 Å². The van der Waals surface area contributed by atoms with Gasteiger partial charge in [-0.05, 0) is 27.7 Å². The smallest absolute Gasteiger partial charge is 0.0630 e. The molecule has 0 aliphatic heterocycles. The summed E-state index contributed by atoms with van der Waals surface area (Å²) in [6, 6.07) is 0.266. The van der Waals surface area contributed by atoms with Gasteiger partial charge in [0, 0.05) is 0 Å². The highest BCUT2D eigenvalue weighted by molar-refractivity contribution is 7.47. The molecule has 1 atom stereocenters. The van der Waals surface area contributed by atoms with Gasteiger partial charge in [-0.2, -0.15) is 0 Å². The van der Waals surface area contributed by atoms with Crippen LogP contribution in [0.3, 0.4) is 0 Å². The van der Waals surface area contributed by atoms with Gasteiger partial charge in [-0.3, -0.25) is 5.43 Å². The molecule has 1 N–H and O–H groups in total. The lowest BCUT2D eigenvalue weighted by Gasteiger charge is -2.11. The zero-order chi connectivity index (χ0) is 8.15. The summed E-state index contributed by atoms with van der Waals surface area (Å²) in [5.74, 6) is 0. The largest absolute Gasteiger partial charge is 0.292 e. The normalized spacial score (nSPS) is 12.0. The minimum Gasteiger partial charge on any atom is -0.292 e. The maximum atomic E-state index is 4.43. The quantitative estimate of drug-likeness (QED) is 0.501. The second kappa shape index (κ2) is 4.39. The number of hydrogen-bond donors (Lipinski definition) is 1. The molecule has 2 nitrogen and oxygen atoms in total. The van der Waals surface area contributed by atoms with E-state index in [4.69, 9.17) is 0 Å². The second-order valence-electron chi connectivity index (χ2n) is 2.63. The van der Waals surface area contributed by atoms with Crippen molar-refractivity contribution in [2.45, 2.75) is 33.7 Å². The minimum absolute atomic E-state index is 0.266. The van der Waals surface area contributed by atoms with Gasteiger partial charge in [0.25, 0.3) is 0 Å². The number of rotatable bonds is 3. The molecule has 0 aromatic carbocycles. The third-order valence-electron chi connectivity index (χ3n) is 1.68. The molecule has 58 valence electrons. The van der Waals surface area contributed by atoms with Crippen molar-refractivity contribution in [2.24, 2.45) is 4.47 Å². The summed E-state index contributed by atoms with van der Waals surface area (Å²) < 4.78 is 3.44. The Bertz CT molecular complexity index is 148. The monoisotopic (exact) mass is 158 g/mol. The molecule has 0 radical (unpaired) electrons. The van der Waals surface area contributed by atoms with Crippen LogP contribution in [0.4, 0.5) is 0 Å². The number of nitrogens with zero attached hydrogens (tertiary/aromatic N) is 1. The average molecular weight is 158 g/mol. The average Bonchev–Trinajstić information content (AvgIpc) is 1.87. The molecule has 0 saturated heterocycles. The van der Waals surface area contributed by atoms with Gasteiger partial charge in [-0.15, -0.1) is 4.47 Å². The van der Waals surface area contributed by atoms with Crippen LogP contribution >= 0.6 is 0 Å². The molecular weight excluding hydrogens is 144 g/mol. The van der Waals surface area contributed by atoms with Crippen LogP contribution in [0.5, 0.6) is 0 Å². The van der Waals surface area contributed by atoms with Crippen molar-refractivity contribution in [3.63, 3.8) is 0 Å². The first kappa shape index (κ1) is 9.56. The maximum Gasteiger partial charge on any atom is 0.0630 e. The predicted octanol–water partition coefficient (Wildman–Crippen LogP) is 1.97. The predicted molar refractivity (Wildman–Crippen MR) is 46.4 cm³/mol. The third kappa shape index (κ3) is 2.92. The molecular formula is C7H14N2S. The fourth-order valence-corrected chi connectivity index (χ4v) is 0.767. The highest BCUT2D eigenvalue weighted by Crippen LogP contribution is 2.06. The van der Waals surface area contributed by atoms with E-state index in [9.17, 15) is 0 Å². The molecule has 0 amide bonds. The van der Waals surface area contributed by atoms with E-state index in [2.05, 4.69) is 43.1 Å². The number of allylic oxidation sites excluding steroid dienone is 1. The second-order valence-corrected chi connectivity index (χ2v) is 2.81. The molecule has 0 aromatic heterocycles. The van der Waals surface area contributed by atoms with Gasteiger partial charge >= 0.3 is 0 Å². The Hall–Kier alpha value is -0.440. The number of nitrogens with one attached hydrogen (secondary N) is 1.